The molecule has 1 aliphatic rings. The molecule has 3 rings (SSSR count). The summed E-state index contributed by atoms with van der Waals surface area (Å²) in [6.07, 6.45) is 7.80. The summed E-state index contributed by atoms with van der Waals surface area (Å²) in [5.74, 6) is 0.239. The first kappa shape index (κ1) is 14.7. The number of unbranched alkanes of at least 4 members (excludes halogenated alkanes) is 1. The molecule has 0 aliphatic heterocycles. The van der Waals surface area contributed by atoms with E-state index in [0.717, 1.165) is 31.2 Å². The van der Waals surface area contributed by atoms with Gasteiger partial charge >= 0.3 is 0 Å². The third-order valence-corrected chi connectivity index (χ3v) is 4.04. The molecular weight excluding hydrogens is 278 g/mol. The van der Waals surface area contributed by atoms with Crippen molar-refractivity contribution in [1.82, 2.24) is 14.5 Å². The highest BCUT2D eigenvalue weighted by Gasteiger charge is 2.35. The van der Waals surface area contributed by atoms with Crippen LogP contribution in [0.5, 0.6) is 0 Å². The van der Waals surface area contributed by atoms with Gasteiger partial charge in [0.05, 0.1) is 5.52 Å². The van der Waals surface area contributed by atoms with E-state index in [-0.39, 0.29) is 16.8 Å². The van der Waals surface area contributed by atoms with E-state index in [4.69, 9.17) is 0 Å². The number of fused-ring (bicyclic) bond motifs is 1. The maximum Gasteiger partial charge on any atom is 0.295 e. The zero-order chi connectivity index (χ0) is 15.6. The van der Waals surface area contributed by atoms with Crippen LogP contribution in [0.15, 0.2) is 28.2 Å². The zero-order valence-electron chi connectivity index (χ0n) is 13.0. The molecule has 2 aromatic heterocycles. The molecule has 1 fully saturated rings. The highest BCUT2D eigenvalue weighted by Crippen LogP contribution is 2.42. The number of nitrogens with one attached hydrogen (secondary N) is 1. The van der Waals surface area contributed by atoms with E-state index in [1.54, 1.807) is 10.8 Å². The van der Waals surface area contributed by atoms with Crippen LogP contribution in [0.4, 0.5) is 5.82 Å². The topological polar surface area (TPSA) is 72.2 Å². The van der Waals surface area contributed by atoms with Crippen LogP contribution in [0.25, 0.3) is 11.2 Å². The molecule has 2 heterocycles. The van der Waals surface area contributed by atoms with Crippen molar-refractivity contribution >= 4 is 23.2 Å². The van der Waals surface area contributed by atoms with Gasteiger partial charge in [0.25, 0.3) is 5.56 Å². The van der Waals surface area contributed by atoms with Gasteiger partial charge in [-0.2, -0.15) is 5.10 Å². The highest BCUT2D eigenvalue weighted by molar-refractivity contribution is 5.72. The predicted molar refractivity (Wildman–Crippen MR) is 88.2 cm³/mol. The van der Waals surface area contributed by atoms with E-state index in [1.165, 1.54) is 0 Å². The minimum atomic E-state index is -0.146. The van der Waals surface area contributed by atoms with Crippen molar-refractivity contribution in [2.75, 3.05) is 5.43 Å². The number of anilines is 1. The fraction of sp³-hybridized carbons (Fsp3) is 0.500. The molecule has 116 valence electrons. The summed E-state index contributed by atoms with van der Waals surface area (Å²) in [4.78, 5) is 21.2. The van der Waals surface area contributed by atoms with Crippen molar-refractivity contribution in [3.63, 3.8) is 0 Å². The van der Waals surface area contributed by atoms with Crippen molar-refractivity contribution in [3.8, 4) is 0 Å². The standard InChI is InChI=1S/C16H21N5O/c1-3-4-10-21-12-6-5-9-17-13(12)19-14(15(21)22)20-18-11-16(2)7-8-16/h5-6,9,11H,3-4,7-8,10H2,1-2H3,(H,17,19,20)/b18-11+. The van der Waals surface area contributed by atoms with Crippen LogP contribution in [-0.2, 0) is 6.54 Å². The summed E-state index contributed by atoms with van der Waals surface area (Å²) < 4.78 is 1.73. The molecule has 1 aliphatic carbocycles. The van der Waals surface area contributed by atoms with Gasteiger partial charge in [-0.05, 0) is 31.4 Å². The Labute approximate surface area is 129 Å². The van der Waals surface area contributed by atoms with Crippen LogP contribution in [0.1, 0.15) is 39.5 Å². The number of aryl methyl sites for hydroxylation is 1. The smallest absolute Gasteiger partial charge is 0.295 e. The van der Waals surface area contributed by atoms with Gasteiger partial charge in [0.15, 0.2) is 5.65 Å². The van der Waals surface area contributed by atoms with Crippen LogP contribution in [0, 0.1) is 5.41 Å². The van der Waals surface area contributed by atoms with Gasteiger partial charge < -0.3 is 4.57 Å². The summed E-state index contributed by atoms with van der Waals surface area (Å²) in [6.45, 7) is 4.91. The van der Waals surface area contributed by atoms with E-state index < -0.39 is 0 Å². The van der Waals surface area contributed by atoms with Gasteiger partial charge in [0.2, 0.25) is 5.82 Å². The second kappa shape index (κ2) is 5.87. The third kappa shape index (κ3) is 3.00. The molecule has 0 saturated heterocycles. The van der Waals surface area contributed by atoms with Gasteiger partial charge in [-0.25, -0.2) is 9.97 Å². The molecule has 6 heteroatoms. The first-order valence-electron chi connectivity index (χ1n) is 7.79. The lowest BCUT2D eigenvalue weighted by molar-refractivity contribution is 0.629. The number of hydrogen-bond donors (Lipinski definition) is 1. The summed E-state index contributed by atoms with van der Waals surface area (Å²) >= 11 is 0. The molecule has 2 aromatic rings. The average Bonchev–Trinajstić information content (AvgIpc) is 3.25. The molecule has 0 radical (unpaired) electrons. The Morgan fingerprint density at radius 2 is 2.32 bits per heavy atom. The Balaban J connectivity index is 1.97. The molecule has 1 saturated carbocycles. The number of hydrogen-bond acceptors (Lipinski definition) is 5. The van der Waals surface area contributed by atoms with Crippen LogP contribution < -0.4 is 11.0 Å². The minimum Gasteiger partial charge on any atom is -0.302 e. The molecule has 0 bridgehead atoms. The highest BCUT2D eigenvalue weighted by atomic mass is 16.1. The largest absolute Gasteiger partial charge is 0.302 e. The van der Waals surface area contributed by atoms with Crippen LogP contribution >= 0.6 is 0 Å². The van der Waals surface area contributed by atoms with Gasteiger partial charge in [0.1, 0.15) is 0 Å². The second-order valence-electron chi connectivity index (χ2n) is 6.14. The van der Waals surface area contributed by atoms with Gasteiger partial charge in [-0.1, -0.05) is 20.3 Å². The SMILES string of the molecule is CCCCn1c(=O)c(N/N=C/C2(C)CC2)nc2ncccc21. The van der Waals surface area contributed by atoms with Gasteiger partial charge in [0, 0.05) is 24.4 Å². The molecule has 0 spiro atoms. The van der Waals surface area contributed by atoms with Crippen LogP contribution in [0.3, 0.4) is 0 Å². The normalized spacial score (nSPS) is 16.3. The Bertz CT molecular complexity index is 761. The average molecular weight is 299 g/mol. The number of nitrogens with zero attached hydrogens (tertiary/aromatic N) is 4. The van der Waals surface area contributed by atoms with E-state index in [2.05, 4.69) is 34.3 Å². The Morgan fingerprint density at radius 3 is 3.05 bits per heavy atom. The lowest BCUT2D eigenvalue weighted by Crippen LogP contribution is -2.25. The van der Waals surface area contributed by atoms with Crippen molar-refractivity contribution in [2.24, 2.45) is 10.5 Å². The van der Waals surface area contributed by atoms with Crippen molar-refractivity contribution in [1.29, 1.82) is 0 Å². The van der Waals surface area contributed by atoms with Crippen molar-refractivity contribution < 1.29 is 0 Å². The predicted octanol–water partition coefficient (Wildman–Crippen LogP) is 2.79. The summed E-state index contributed by atoms with van der Waals surface area (Å²) in [6, 6.07) is 3.70. The second-order valence-corrected chi connectivity index (χ2v) is 6.14. The number of hydrazone groups is 1. The molecular formula is C16H21N5O. The third-order valence-electron chi connectivity index (χ3n) is 4.04. The van der Waals surface area contributed by atoms with E-state index >= 15 is 0 Å². The summed E-state index contributed by atoms with van der Waals surface area (Å²) in [7, 11) is 0. The number of pyridine rings is 1. The maximum absolute atomic E-state index is 12.6. The number of rotatable bonds is 6. The van der Waals surface area contributed by atoms with Crippen molar-refractivity contribution in [2.45, 2.75) is 46.1 Å². The molecule has 0 amide bonds. The zero-order valence-corrected chi connectivity index (χ0v) is 13.0. The van der Waals surface area contributed by atoms with E-state index in [0.29, 0.717) is 12.2 Å². The fourth-order valence-electron chi connectivity index (χ4n) is 2.26. The van der Waals surface area contributed by atoms with Crippen LogP contribution in [0.2, 0.25) is 0 Å². The molecule has 0 aromatic carbocycles. The van der Waals surface area contributed by atoms with E-state index in [9.17, 15) is 4.79 Å². The first-order valence-corrected chi connectivity index (χ1v) is 7.79. The van der Waals surface area contributed by atoms with E-state index in [1.807, 2.05) is 18.3 Å². The molecule has 1 N–H and O–H groups in total. The van der Waals surface area contributed by atoms with Crippen molar-refractivity contribution in [3.05, 3.63) is 28.7 Å². The molecule has 0 unspecified atom stereocenters. The number of aromatic nitrogens is 3. The van der Waals surface area contributed by atoms with Gasteiger partial charge in [-0.3, -0.25) is 10.2 Å². The van der Waals surface area contributed by atoms with Crippen LogP contribution in [-0.4, -0.2) is 20.7 Å². The monoisotopic (exact) mass is 299 g/mol. The first-order chi connectivity index (χ1) is 10.6. The lowest BCUT2D eigenvalue weighted by atomic mass is 10.2. The Morgan fingerprint density at radius 1 is 1.50 bits per heavy atom. The Kier molecular flexibility index (Phi) is 3.92. The molecule has 0 atom stereocenters. The minimum absolute atomic E-state index is 0.146. The fourth-order valence-corrected chi connectivity index (χ4v) is 2.26. The molecule has 6 nitrogen and oxygen atoms in total. The molecule has 22 heavy (non-hydrogen) atoms. The quantitative estimate of drug-likeness (QED) is 0.657. The lowest BCUT2D eigenvalue weighted by Gasteiger charge is -2.10. The Hall–Kier alpha value is -2.24. The summed E-state index contributed by atoms with van der Waals surface area (Å²) in [5.41, 5.74) is 4.17. The van der Waals surface area contributed by atoms with Gasteiger partial charge in [-0.15, -0.1) is 0 Å². The maximum atomic E-state index is 12.6. The summed E-state index contributed by atoms with van der Waals surface area (Å²) in [5, 5.41) is 4.19.